The smallest absolute Gasteiger partial charge is 0.328 e. The topological polar surface area (TPSA) is 168 Å². The average Bonchev–Trinajstić information content (AvgIpc) is 3.10. The SMILES string of the molecule is CCOC(=O)CC[C@@H](NC(=O)[C@@H](NC(=O)CNC(=O)/C=C/c1ccc(OC2CCCCO2)c(OC)c1)C(C)C)C(=O)OCc1ccccc1. The third kappa shape index (κ3) is 13.6. The number of hydrogen-bond acceptors (Lipinski definition) is 10. The molecule has 0 aromatic heterocycles. The fraction of sp³-hybridized carbons (Fsp3) is 0.472. The Balaban J connectivity index is 1.54. The lowest BCUT2D eigenvalue weighted by Gasteiger charge is -2.25. The molecule has 13 nitrogen and oxygen atoms in total. The van der Waals surface area contributed by atoms with Crippen molar-refractivity contribution >= 4 is 35.7 Å². The van der Waals surface area contributed by atoms with Crippen LogP contribution in [0, 0.1) is 5.92 Å². The van der Waals surface area contributed by atoms with Crippen molar-refractivity contribution in [2.45, 2.75) is 77.9 Å². The molecule has 0 radical (unpaired) electrons. The number of carbonyl (C=O) groups excluding carboxylic acids is 5. The summed E-state index contributed by atoms with van der Waals surface area (Å²) >= 11 is 0. The van der Waals surface area contributed by atoms with Crippen LogP contribution in [0.15, 0.2) is 54.6 Å². The number of rotatable bonds is 18. The maximum Gasteiger partial charge on any atom is 0.328 e. The van der Waals surface area contributed by atoms with Crippen molar-refractivity contribution in [3.05, 3.63) is 65.7 Å². The van der Waals surface area contributed by atoms with Crippen molar-refractivity contribution in [2.24, 2.45) is 5.92 Å². The molecule has 1 heterocycles. The molecule has 3 amide bonds. The molecule has 3 N–H and O–H groups in total. The summed E-state index contributed by atoms with van der Waals surface area (Å²) < 4.78 is 27.4. The number of carbonyl (C=O) groups is 5. The van der Waals surface area contributed by atoms with E-state index in [1.165, 1.54) is 13.2 Å². The van der Waals surface area contributed by atoms with Crippen molar-refractivity contribution in [3.8, 4) is 11.5 Å². The minimum Gasteiger partial charge on any atom is -0.493 e. The summed E-state index contributed by atoms with van der Waals surface area (Å²) in [5.74, 6) is -2.39. The summed E-state index contributed by atoms with van der Waals surface area (Å²) in [7, 11) is 1.52. The summed E-state index contributed by atoms with van der Waals surface area (Å²) in [4.78, 5) is 63.5. The maximum atomic E-state index is 13.3. The molecule has 1 unspecified atom stereocenters. The van der Waals surface area contributed by atoms with Gasteiger partial charge in [0, 0.05) is 18.9 Å². The van der Waals surface area contributed by atoms with Gasteiger partial charge < -0.3 is 39.6 Å². The molecular formula is C36H47N3O10. The lowest BCUT2D eigenvalue weighted by molar-refractivity contribution is -0.150. The van der Waals surface area contributed by atoms with Crippen LogP contribution in [0.5, 0.6) is 11.5 Å². The molecule has 1 aliphatic heterocycles. The second-order valence-corrected chi connectivity index (χ2v) is 11.7. The standard InChI is InChI=1S/C36H47N3O10/c1-5-46-32(42)19-16-27(36(44)48-23-26-11-7-6-8-12-26)38-35(43)34(24(2)3)39-31(41)22-37-30(40)18-15-25-14-17-28(29(21-25)45-4)49-33-13-9-10-20-47-33/h6-8,11-12,14-15,17-18,21,24,27,33-34H,5,9-10,13,16,19-20,22-23H2,1-4H3,(H,37,40)(H,38,43)(H,39,41)/b18-15+/t27-,33?,34+/m1/s1. The van der Waals surface area contributed by atoms with Crippen LogP contribution in [0.25, 0.3) is 6.08 Å². The summed E-state index contributed by atoms with van der Waals surface area (Å²) in [6.45, 7) is 5.52. The van der Waals surface area contributed by atoms with Crippen LogP contribution in [0.3, 0.4) is 0 Å². The number of benzene rings is 2. The van der Waals surface area contributed by atoms with Crippen molar-refractivity contribution in [1.29, 1.82) is 0 Å². The quantitative estimate of drug-likeness (QED) is 0.157. The molecule has 49 heavy (non-hydrogen) atoms. The fourth-order valence-corrected chi connectivity index (χ4v) is 4.82. The first kappa shape index (κ1) is 38.5. The van der Waals surface area contributed by atoms with Gasteiger partial charge in [-0.3, -0.25) is 19.2 Å². The maximum absolute atomic E-state index is 13.3. The van der Waals surface area contributed by atoms with Gasteiger partial charge in [-0.05, 0) is 61.4 Å². The highest BCUT2D eigenvalue weighted by Gasteiger charge is 2.30. The number of ether oxygens (including phenoxy) is 5. The van der Waals surface area contributed by atoms with Gasteiger partial charge >= 0.3 is 11.9 Å². The molecule has 2 aromatic rings. The van der Waals surface area contributed by atoms with E-state index in [0.717, 1.165) is 24.8 Å². The monoisotopic (exact) mass is 681 g/mol. The predicted octanol–water partition coefficient (Wildman–Crippen LogP) is 3.44. The largest absolute Gasteiger partial charge is 0.493 e. The first-order chi connectivity index (χ1) is 23.6. The van der Waals surface area contributed by atoms with Gasteiger partial charge in [0.2, 0.25) is 17.7 Å². The molecule has 0 saturated carbocycles. The second kappa shape index (κ2) is 20.5. The van der Waals surface area contributed by atoms with Crippen LogP contribution in [0.4, 0.5) is 0 Å². The Morgan fingerprint density at radius 2 is 1.76 bits per heavy atom. The van der Waals surface area contributed by atoms with E-state index in [9.17, 15) is 24.0 Å². The van der Waals surface area contributed by atoms with Gasteiger partial charge in [-0.25, -0.2) is 4.79 Å². The zero-order chi connectivity index (χ0) is 35.6. The second-order valence-electron chi connectivity index (χ2n) is 11.7. The lowest BCUT2D eigenvalue weighted by Crippen LogP contribution is -2.55. The number of amides is 3. The number of methoxy groups -OCH3 is 1. The van der Waals surface area contributed by atoms with Gasteiger partial charge in [0.25, 0.3) is 0 Å². The Morgan fingerprint density at radius 1 is 0.980 bits per heavy atom. The zero-order valence-corrected chi connectivity index (χ0v) is 28.5. The minimum atomic E-state index is -1.16. The van der Waals surface area contributed by atoms with E-state index in [2.05, 4.69) is 16.0 Å². The number of nitrogens with one attached hydrogen (secondary N) is 3. The van der Waals surface area contributed by atoms with Gasteiger partial charge in [0.1, 0.15) is 18.7 Å². The molecule has 266 valence electrons. The molecule has 3 rings (SSSR count). The third-order valence-corrected chi connectivity index (χ3v) is 7.47. The van der Waals surface area contributed by atoms with E-state index in [0.29, 0.717) is 23.7 Å². The molecule has 0 bridgehead atoms. The minimum absolute atomic E-state index is 0.0208. The molecule has 1 fully saturated rings. The normalized spacial score (nSPS) is 15.5. The molecule has 2 aromatic carbocycles. The highest BCUT2D eigenvalue weighted by atomic mass is 16.7. The number of hydrogen-bond donors (Lipinski definition) is 3. The predicted molar refractivity (Wildman–Crippen MR) is 180 cm³/mol. The van der Waals surface area contributed by atoms with Crippen LogP contribution >= 0.6 is 0 Å². The third-order valence-electron chi connectivity index (χ3n) is 7.47. The van der Waals surface area contributed by atoms with Gasteiger partial charge in [-0.2, -0.15) is 0 Å². The Kier molecular flexibility index (Phi) is 16.1. The molecule has 1 saturated heterocycles. The van der Waals surface area contributed by atoms with Gasteiger partial charge in [-0.15, -0.1) is 0 Å². The summed E-state index contributed by atoms with van der Waals surface area (Å²) in [6.07, 6.45) is 5.14. The van der Waals surface area contributed by atoms with E-state index < -0.39 is 48.3 Å². The van der Waals surface area contributed by atoms with Gasteiger partial charge in [0.15, 0.2) is 17.8 Å². The van der Waals surface area contributed by atoms with Crippen molar-refractivity contribution < 1.29 is 47.7 Å². The Hall–Kier alpha value is -4.91. The van der Waals surface area contributed by atoms with Crippen LogP contribution in [0.1, 0.15) is 64.0 Å². The molecule has 0 aliphatic carbocycles. The first-order valence-electron chi connectivity index (χ1n) is 16.5. The molecule has 0 spiro atoms. The van der Waals surface area contributed by atoms with E-state index in [1.807, 2.05) is 6.07 Å². The Morgan fingerprint density at radius 3 is 2.43 bits per heavy atom. The number of esters is 2. The summed E-state index contributed by atoms with van der Waals surface area (Å²) in [6, 6.07) is 12.0. The van der Waals surface area contributed by atoms with Crippen molar-refractivity contribution in [3.63, 3.8) is 0 Å². The molecular weight excluding hydrogens is 634 g/mol. The summed E-state index contributed by atoms with van der Waals surface area (Å²) in [5.41, 5.74) is 1.42. The fourth-order valence-electron chi connectivity index (χ4n) is 4.82. The zero-order valence-electron chi connectivity index (χ0n) is 28.5. The van der Waals surface area contributed by atoms with E-state index >= 15 is 0 Å². The Labute approximate surface area is 287 Å². The summed E-state index contributed by atoms with van der Waals surface area (Å²) in [5, 5.41) is 7.73. The first-order valence-corrected chi connectivity index (χ1v) is 16.5. The highest BCUT2D eigenvalue weighted by molar-refractivity contribution is 5.96. The van der Waals surface area contributed by atoms with Gasteiger partial charge in [-0.1, -0.05) is 50.2 Å². The van der Waals surface area contributed by atoms with E-state index in [1.54, 1.807) is 69.3 Å². The van der Waals surface area contributed by atoms with Crippen molar-refractivity contribution in [1.82, 2.24) is 16.0 Å². The van der Waals surface area contributed by atoms with Crippen molar-refractivity contribution in [2.75, 3.05) is 26.9 Å². The van der Waals surface area contributed by atoms with Gasteiger partial charge in [0.05, 0.1) is 26.9 Å². The Bertz CT molecular complexity index is 1420. The molecule has 13 heteroatoms. The van der Waals surface area contributed by atoms with E-state index in [4.69, 9.17) is 23.7 Å². The van der Waals surface area contributed by atoms with Crippen LogP contribution in [-0.4, -0.2) is 74.9 Å². The molecule has 1 aliphatic rings. The van der Waals surface area contributed by atoms with Crippen LogP contribution < -0.4 is 25.4 Å². The lowest BCUT2D eigenvalue weighted by atomic mass is 10.0. The van der Waals surface area contributed by atoms with Crippen LogP contribution in [0.2, 0.25) is 0 Å². The highest BCUT2D eigenvalue weighted by Crippen LogP contribution is 2.31. The van der Waals surface area contributed by atoms with Crippen LogP contribution in [-0.2, 0) is 44.8 Å². The average molecular weight is 682 g/mol. The van der Waals surface area contributed by atoms with E-state index in [-0.39, 0.29) is 38.3 Å². The molecule has 3 atom stereocenters.